The summed E-state index contributed by atoms with van der Waals surface area (Å²) < 4.78 is 6.92. The van der Waals surface area contributed by atoms with E-state index in [2.05, 4.69) is 12.0 Å². The number of aryl methyl sites for hydroxylation is 1. The number of hydrogen-bond acceptors (Lipinski definition) is 3. The van der Waals surface area contributed by atoms with Gasteiger partial charge in [0.25, 0.3) is 0 Å². The molecule has 0 spiro atoms. The van der Waals surface area contributed by atoms with Crippen molar-refractivity contribution in [1.29, 1.82) is 0 Å². The van der Waals surface area contributed by atoms with Crippen LogP contribution in [0.25, 0.3) is 0 Å². The number of ketones is 1. The molecule has 1 aromatic heterocycles. The summed E-state index contributed by atoms with van der Waals surface area (Å²) in [7, 11) is 1.56. The number of ether oxygens (including phenoxy) is 1. The molecule has 0 atom stereocenters. The highest BCUT2D eigenvalue weighted by atomic mass is 16.5. The zero-order valence-corrected chi connectivity index (χ0v) is 11.0. The molecule has 0 bridgehead atoms. The van der Waals surface area contributed by atoms with Gasteiger partial charge in [0.2, 0.25) is 5.78 Å². The summed E-state index contributed by atoms with van der Waals surface area (Å²) in [5, 5.41) is 4.19. The highest BCUT2D eigenvalue weighted by Gasteiger charge is 2.20. The van der Waals surface area contributed by atoms with Gasteiger partial charge in [-0.25, -0.2) is 0 Å². The van der Waals surface area contributed by atoms with Crippen LogP contribution in [0, 0.1) is 0 Å². The van der Waals surface area contributed by atoms with Crippen LogP contribution in [-0.4, -0.2) is 22.7 Å². The summed E-state index contributed by atoms with van der Waals surface area (Å²) in [6, 6.07) is 0. The van der Waals surface area contributed by atoms with E-state index >= 15 is 0 Å². The molecule has 0 saturated carbocycles. The fourth-order valence-corrected chi connectivity index (χ4v) is 1.78. The second kappa shape index (κ2) is 6.23. The smallest absolute Gasteiger partial charge is 0.210 e. The standard InChI is InChI=1S/C13H20N2O2/c1-5-8-15-12(11(17-4)9-14-15)13(16)10(6-2)7-3/h6,9H,5,7-8H2,1-4H3. The molecule has 1 aromatic rings. The van der Waals surface area contributed by atoms with Gasteiger partial charge in [-0.3, -0.25) is 9.48 Å². The Labute approximate surface area is 102 Å². The van der Waals surface area contributed by atoms with Crippen molar-refractivity contribution >= 4 is 5.78 Å². The van der Waals surface area contributed by atoms with Crippen molar-refractivity contribution < 1.29 is 9.53 Å². The molecule has 0 aliphatic heterocycles. The van der Waals surface area contributed by atoms with Crippen LogP contribution in [0.2, 0.25) is 0 Å². The molecule has 94 valence electrons. The Balaban J connectivity index is 3.17. The van der Waals surface area contributed by atoms with E-state index in [4.69, 9.17) is 4.74 Å². The minimum Gasteiger partial charge on any atom is -0.493 e. The molecule has 1 heterocycles. The van der Waals surface area contributed by atoms with Crippen molar-refractivity contribution in [2.75, 3.05) is 7.11 Å². The van der Waals surface area contributed by atoms with E-state index in [0.717, 1.165) is 25.0 Å². The van der Waals surface area contributed by atoms with Crippen molar-refractivity contribution in [3.63, 3.8) is 0 Å². The van der Waals surface area contributed by atoms with Crippen molar-refractivity contribution in [2.45, 2.75) is 40.2 Å². The fraction of sp³-hybridized carbons (Fsp3) is 0.538. The van der Waals surface area contributed by atoms with Gasteiger partial charge in [0.15, 0.2) is 11.4 Å². The third-order valence-corrected chi connectivity index (χ3v) is 2.70. The maximum atomic E-state index is 12.3. The summed E-state index contributed by atoms with van der Waals surface area (Å²) in [6.45, 7) is 6.63. The first-order valence-corrected chi connectivity index (χ1v) is 5.99. The van der Waals surface area contributed by atoms with Crippen molar-refractivity contribution in [1.82, 2.24) is 9.78 Å². The Hall–Kier alpha value is -1.58. The van der Waals surface area contributed by atoms with Crippen LogP contribution in [0.3, 0.4) is 0 Å². The summed E-state index contributed by atoms with van der Waals surface area (Å²) in [6.07, 6.45) is 5.11. The van der Waals surface area contributed by atoms with Gasteiger partial charge in [-0.05, 0) is 25.3 Å². The van der Waals surface area contributed by atoms with Crippen LogP contribution >= 0.6 is 0 Å². The molecule has 0 aliphatic carbocycles. The molecule has 0 aromatic carbocycles. The topological polar surface area (TPSA) is 44.1 Å². The fourth-order valence-electron chi connectivity index (χ4n) is 1.78. The summed E-state index contributed by atoms with van der Waals surface area (Å²) in [5.41, 5.74) is 1.35. The first-order valence-electron chi connectivity index (χ1n) is 5.99. The molecule has 1 rings (SSSR count). The molecule has 0 amide bonds. The van der Waals surface area contributed by atoms with Crippen LogP contribution < -0.4 is 4.74 Å². The van der Waals surface area contributed by atoms with Gasteiger partial charge in [0.05, 0.1) is 13.3 Å². The molecule has 0 unspecified atom stereocenters. The Morgan fingerprint density at radius 3 is 2.71 bits per heavy atom. The predicted octanol–water partition coefficient (Wildman–Crippen LogP) is 2.84. The number of hydrogen-bond donors (Lipinski definition) is 0. The van der Waals surface area contributed by atoms with Crippen LogP contribution in [0.1, 0.15) is 44.1 Å². The van der Waals surface area contributed by atoms with Crippen LogP contribution in [0.5, 0.6) is 5.75 Å². The Kier molecular flexibility index (Phi) is 4.94. The molecule has 0 fully saturated rings. The van der Waals surface area contributed by atoms with Gasteiger partial charge >= 0.3 is 0 Å². The minimum absolute atomic E-state index is 0.0119. The first kappa shape index (κ1) is 13.5. The zero-order valence-electron chi connectivity index (χ0n) is 11.0. The van der Waals surface area contributed by atoms with Crippen LogP contribution in [-0.2, 0) is 6.54 Å². The van der Waals surface area contributed by atoms with E-state index < -0.39 is 0 Å². The largest absolute Gasteiger partial charge is 0.493 e. The molecular weight excluding hydrogens is 216 g/mol. The average Bonchev–Trinajstić information content (AvgIpc) is 2.74. The number of carbonyl (C=O) groups is 1. The number of methoxy groups -OCH3 is 1. The normalized spacial score (nSPS) is 11.6. The Morgan fingerprint density at radius 1 is 1.53 bits per heavy atom. The number of carbonyl (C=O) groups excluding carboxylic acids is 1. The highest BCUT2D eigenvalue weighted by molar-refractivity contribution is 6.09. The van der Waals surface area contributed by atoms with Crippen molar-refractivity contribution in [3.8, 4) is 5.75 Å². The minimum atomic E-state index is 0.0119. The van der Waals surface area contributed by atoms with Crippen LogP contribution in [0.15, 0.2) is 17.8 Å². The number of nitrogens with zero attached hydrogens (tertiary/aromatic N) is 2. The monoisotopic (exact) mass is 236 g/mol. The maximum absolute atomic E-state index is 12.3. The number of aromatic nitrogens is 2. The van der Waals surface area contributed by atoms with E-state index in [-0.39, 0.29) is 5.78 Å². The van der Waals surface area contributed by atoms with E-state index in [9.17, 15) is 4.79 Å². The molecule has 0 saturated heterocycles. The summed E-state index contributed by atoms with van der Waals surface area (Å²) in [4.78, 5) is 12.3. The average molecular weight is 236 g/mol. The number of allylic oxidation sites excluding steroid dienone is 2. The lowest BCUT2D eigenvalue weighted by Crippen LogP contribution is -2.13. The third-order valence-electron chi connectivity index (χ3n) is 2.70. The predicted molar refractivity (Wildman–Crippen MR) is 67.4 cm³/mol. The van der Waals surface area contributed by atoms with Gasteiger partial charge in [-0.2, -0.15) is 5.10 Å². The summed E-state index contributed by atoms with van der Waals surface area (Å²) >= 11 is 0. The molecule has 0 radical (unpaired) electrons. The molecule has 0 aliphatic rings. The third kappa shape index (κ3) is 2.75. The Bertz CT molecular complexity index is 419. The van der Waals surface area contributed by atoms with Crippen LogP contribution in [0.4, 0.5) is 0 Å². The molecule has 4 nitrogen and oxygen atoms in total. The molecule has 0 N–H and O–H groups in total. The molecule has 4 heteroatoms. The van der Waals surface area contributed by atoms with Gasteiger partial charge in [0.1, 0.15) is 0 Å². The second-order valence-electron chi connectivity index (χ2n) is 3.78. The van der Waals surface area contributed by atoms with Gasteiger partial charge in [-0.1, -0.05) is 19.9 Å². The van der Waals surface area contributed by atoms with E-state index in [1.165, 1.54) is 0 Å². The maximum Gasteiger partial charge on any atom is 0.210 e. The number of rotatable bonds is 6. The SMILES string of the molecule is CC=C(CC)C(=O)c1c(OC)cnn1CCC. The Morgan fingerprint density at radius 2 is 2.24 bits per heavy atom. The number of Topliss-reactive ketones (excluding diaryl/α,β-unsaturated/α-hetero) is 1. The molecule has 17 heavy (non-hydrogen) atoms. The van der Waals surface area contributed by atoms with Gasteiger partial charge < -0.3 is 4.74 Å². The first-order chi connectivity index (χ1) is 8.19. The van der Waals surface area contributed by atoms with E-state index in [1.807, 2.05) is 19.9 Å². The van der Waals surface area contributed by atoms with E-state index in [0.29, 0.717) is 11.4 Å². The lowest BCUT2D eigenvalue weighted by Gasteiger charge is -2.08. The van der Waals surface area contributed by atoms with Crippen molar-refractivity contribution in [2.24, 2.45) is 0 Å². The second-order valence-corrected chi connectivity index (χ2v) is 3.78. The quantitative estimate of drug-likeness (QED) is 0.563. The lowest BCUT2D eigenvalue weighted by atomic mass is 10.1. The lowest BCUT2D eigenvalue weighted by molar-refractivity contribution is 0.101. The van der Waals surface area contributed by atoms with Gasteiger partial charge in [0, 0.05) is 6.54 Å². The highest BCUT2D eigenvalue weighted by Crippen LogP contribution is 2.22. The zero-order chi connectivity index (χ0) is 12.8. The summed E-state index contributed by atoms with van der Waals surface area (Å²) in [5.74, 6) is 0.564. The van der Waals surface area contributed by atoms with E-state index in [1.54, 1.807) is 18.0 Å². The van der Waals surface area contributed by atoms with Crippen molar-refractivity contribution in [3.05, 3.63) is 23.5 Å². The van der Waals surface area contributed by atoms with Gasteiger partial charge in [-0.15, -0.1) is 0 Å². The molecular formula is C13H20N2O2.